The lowest BCUT2D eigenvalue weighted by Gasteiger charge is -2.07. The van der Waals surface area contributed by atoms with Gasteiger partial charge in [0.25, 0.3) is 0 Å². The van der Waals surface area contributed by atoms with Crippen molar-refractivity contribution >= 4 is 5.97 Å². The molecule has 0 spiro atoms. The van der Waals surface area contributed by atoms with Gasteiger partial charge in [0.2, 0.25) is 0 Å². The number of esters is 1. The van der Waals surface area contributed by atoms with Gasteiger partial charge in [-0.25, -0.2) is 0 Å². The molecule has 1 saturated carbocycles. The molecular formula is C7H8O3. The van der Waals surface area contributed by atoms with Crippen molar-refractivity contribution in [3.8, 4) is 0 Å². The minimum Gasteiger partial charge on any atom is -0.462 e. The first-order valence-electron chi connectivity index (χ1n) is 3.69. The molecule has 0 N–H and O–H groups in total. The van der Waals surface area contributed by atoms with E-state index in [0.717, 1.165) is 6.42 Å². The Balaban J connectivity index is 1.88. The number of hydrogen-bond acceptors (Lipinski definition) is 3. The Kier molecular flexibility index (Phi) is 0.703. The summed E-state index contributed by atoms with van der Waals surface area (Å²) < 4.78 is 10.3. The number of carbonyl (C=O) groups is 1. The summed E-state index contributed by atoms with van der Waals surface area (Å²) in [6, 6.07) is 0. The van der Waals surface area contributed by atoms with Crippen LogP contribution in [0.4, 0.5) is 0 Å². The summed E-state index contributed by atoms with van der Waals surface area (Å²) >= 11 is 0. The van der Waals surface area contributed by atoms with E-state index in [4.69, 9.17) is 9.47 Å². The van der Waals surface area contributed by atoms with Crippen molar-refractivity contribution in [2.45, 2.75) is 31.2 Å². The van der Waals surface area contributed by atoms with Crippen LogP contribution in [0.15, 0.2) is 0 Å². The van der Waals surface area contributed by atoms with Crippen molar-refractivity contribution in [1.82, 2.24) is 0 Å². The van der Waals surface area contributed by atoms with Crippen molar-refractivity contribution in [2.75, 3.05) is 0 Å². The van der Waals surface area contributed by atoms with Crippen LogP contribution < -0.4 is 0 Å². The first kappa shape index (κ1) is 5.13. The highest BCUT2D eigenvalue weighted by atomic mass is 16.6. The lowest BCUT2D eigenvalue weighted by molar-refractivity contribution is -0.141. The summed E-state index contributed by atoms with van der Waals surface area (Å²) in [4.78, 5) is 10.7. The van der Waals surface area contributed by atoms with Crippen LogP contribution in [0.2, 0.25) is 0 Å². The average Bonchev–Trinajstić information content (AvgIpc) is 2.40. The number of epoxide rings is 1. The minimum atomic E-state index is -0.0380. The first-order chi connectivity index (χ1) is 4.84. The van der Waals surface area contributed by atoms with Crippen LogP contribution in [-0.2, 0) is 14.3 Å². The Bertz CT molecular complexity index is 201. The lowest BCUT2D eigenvalue weighted by Crippen LogP contribution is -2.14. The van der Waals surface area contributed by atoms with E-state index in [-0.39, 0.29) is 12.1 Å². The molecule has 2 aliphatic heterocycles. The van der Waals surface area contributed by atoms with Crippen LogP contribution in [0, 0.1) is 5.92 Å². The summed E-state index contributed by atoms with van der Waals surface area (Å²) in [5, 5.41) is 0. The van der Waals surface area contributed by atoms with E-state index in [1.807, 2.05) is 0 Å². The second kappa shape index (κ2) is 1.37. The van der Waals surface area contributed by atoms with Crippen molar-refractivity contribution in [1.29, 1.82) is 0 Å². The van der Waals surface area contributed by atoms with Gasteiger partial charge in [0.05, 0.1) is 18.6 Å². The molecule has 3 fully saturated rings. The van der Waals surface area contributed by atoms with E-state index >= 15 is 0 Å². The summed E-state index contributed by atoms with van der Waals surface area (Å²) in [6.45, 7) is 0. The zero-order valence-corrected chi connectivity index (χ0v) is 5.45. The Hall–Kier alpha value is -0.570. The second-order valence-electron chi connectivity index (χ2n) is 3.27. The molecule has 3 aliphatic rings. The van der Waals surface area contributed by atoms with Gasteiger partial charge in [0.15, 0.2) is 0 Å². The van der Waals surface area contributed by atoms with Crippen LogP contribution >= 0.6 is 0 Å². The second-order valence-corrected chi connectivity index (χ2v) is 3.27. The molecule has 3 heteroatoms. The molecule has 1 aliphatic carbocycles. The van der Waals surface area contributed by atoms with Crippen molar-refractivity contribution in [3.05, 3.63) is 0 Å². The molecule has 0 radical (unpaired) electrons. The number of ether oxygens (including phenoxy) is 2. The van der Waals surface area contributed by atoms with Crippen LogP contribution in [0.5, 0.6) is 0 Å². The third-order valence-corrected chi connectivity index (χ3v) is 2.67. The first-order valence-corrected chi connectivity index (χ1v) is 3.69. The maximum atomic E-state index is 10.7. The van der Waals surface area contributed by atoms with E-state index < -0.39 is 0 Å². The molecule has 3 nitrogen and oxygen atoms in total. The standard InChI is InChI=1S/C7H8O3/c8-6-1-3-4(9-6)2-5-7(3)10-5/h3-5,7H,1-2H2/t3-,4-,5-,7+/m1/s1. The topological polar surface area (TPSA) is 38.8 Å². The van der Waals surface area contributed by atoms with Gasteiger partial charge in [-0.05, 0) is 0 Å². The highest BCUT2D eigenvalue weighted by Gasteiger charge is 2.60. The molecule has 0 aromatic rings. The van der Waals surface area contributed by atoms with Crippen molar-refractivity contribution in [2.24, 2.45) is 5.92 Å². The Labute approximate surface area is 58.3 Å². The number of fused-ring (bicyclic) bond motifs is 3. The summed E-state index contributed by atoms with van der Waals surface area (Å²) in [5.41, 5.74) is 0. The van der Waals surface area contributed by atoms with Gasteiger partial charge in [0.1, 0.15) is 6.10 Å². The van der Waals surface area contributed by atoms with E-state index in [0.29, 0.717) is 24.5 Å². The fraction of sp³-hybridized carbons (Fsp3) is 0.857. The Morgan fingerprint density at radius 3 is 3.10 bits per heavy atom. The molecule has 4 atom stereocenters. The molecule has 0 unspecified atom stereocenters. The van der Waals surface area contributed by atoms with Crippen LogP contribution in [-0.4, -0.2) is 24.3 Å². The van der Waals surface area contributed by atoms with Gasteiger partial charge in [-0.2, -0.15) is 0 Å². The minimum absolute atomic E-state index is 0.0380. The van der Waals surface area contributed by atoms with E-state index in [2.05, 4.69) is 0 Å². The maximum absolute atomic E-state index is 10.7. The number of rotatable bonds is 0. The normalized spacial score (nSPS) is 55.8. The third-order valence-electron chi connectivity index (χ3n) is 2.67. The Morgan fingerprint density at radius 1 is 1.40 bits per heavy atom. The highest BCUT2D eigenvalue weighted by molar-refractivity contribution is 5.72. The quantitative estimate of drug-likeness (QED) is 0.353. The van der Waals surface area contributed by atoms with Crippen LogP contribution in [0.1, 0.15) is 12.8 Å². The van der Waals surface area contributed by atoms with Gasteiger partial charge >= 0.3 is 5.97 Å². The van der Waals surface area contributed by atoms with E-state index in [1.54, 1.807) is 0 Å². The smallest absolute Gasteiger partial charge is 0.306 e. The summed E-state index contributed by atoms with van der Waals surface area (Å²) in [7, 11) is 0. The largest absolute Gasteiger partial charge is 0.462 e. The molecule has 54 valence electrons. The monoisotopic (exact) mass is 140 g/mol. The number of carbonyl (C=O) groups excluding carboxylic acids is 1. The molecule has 2 saturated heterocycles. The van der Waals surface area contributed by atoms with Crippen LogP contribution in [0.25, 0.3) is 0 Å². The zero-order valence-electron chi connectivity index (χ0n) is 5.45. The van der Waals surface area contributed by atoms with Gasteiger partial charge < -0.3 is 9.47 Å². The van der Waals surface area contributed by atoms with Crippen molar-refractivity contribution < 1.29 is 14.3 Å². The molecule has 0 aromatic carbocycles. The van der Waals surface area contributed by atoms with Gasteiger partial charge in [-0.3, -0.25) is 4.79 Å². The average molecular weight is 140 g/mol. The van der Waals surface area contributed by atoms with Crippen molar-refractivity contribution in [3.63, 3.8) is 0 Å². The Morgan fingerprint density at radius 2 is 2.30 bits per heavy atom. The van der Waals surface area contributed by atoms with Gasteiger partial charge in [0, 0.05) is 12.3 Å². The lowest BCUT2D eigenvalue weighted by atomic mass is 10.0. The predicted molar refractivity (Wildman–Crippen MR) is 31.3 cm³/mol. The molecular weight excluding hydrogens is 132 g/mol. The third kappa shape index (κ3) is 0.475. The summed E-state index contributed by atoms with van der Waals surface area (Å²) in [6.07, 6.45) is 2.54. The molecule has 3 rings (SSSR count). The van der Waals surface area contributed by atoms with Gasteiger partial charge in [-0.15, -0.1) is 0 Å². The fourth-order valence-corrected chi connectivity index (χ4v) is 2.13. The van der Waals surface area contributed by atoms with E-state index in [1.165, 1.54) is 0 Å². The van der Waals surface area contributed by atoms with E-state index in [9.17, 15) is 4.79 Å². The number of hydrogen-bond donors (Lipinski definition) is 0. The van der Waals surface area contributed by atoms with Gasteiger partial charge in [-0.1, -0.05) is 0 Å². The molecule has 0 aromatic heterocycles. The molecule has 0 bridgehead atoms. The molecule has 2 heterocycles. The molecule has 10 heavy (non-hydrogen) atoms. The SMILES string of the molecule is O=C1C[C@H]2[C@@H]3O[C@@H]3C[C@H]2O1. The summed E-state index contributed by atoms with van der Waals surface area (Å²) in [5.74, 6) is 0.362. The fourth-order valence-electron chi connectivity index (χ4n) is 2.13. The predicted octanol–water partition coefficient (Wildman–Crippen LogP) is 0.0892. The maximum Gasteiger partial charge on any atom is 0.306 e. The highest BCUT2D eigenvalue weighted by Crippen LogP contribution is 2.48. The van der Waals surface area contributed by atoms with Crippen LogP contribution in [0.3, 0.4) is 0 Å². The molecule has 0 amide bonds. The zero-order chi connectivity index (χ0) is 6.72.